The second-order valence-corrected chi connectivity index (χ2v) is 8.22. The Morgan fingerprint density at radius 1 is 1.25 bits per heavy atom. The van der Waals surface area contributed by atoms with Crippen LogP contribution in [0, 0.1) is 5.92 Å². The molecule has 24 heavy (non-hydrogen) atoms. The summed E-state index contributed by atoms with van der Waals surface area (Å²) in [5.74, 6) is 1.11. The molecule has 1 N–H and O–H groups in total. The third-order valence-electron chi connectivity index (χ3n) is 4.64. The van der Waals surface area contributed by atoms with Crippen LogP contribution in [0.3, 0.4) is 0 Å². The number of rotatable bonds is 5. The third kappa shape index (κ3) is 3.64. The molecule has 1 aromatic heterocycles. The van der Waals surface area contributed by atoms with Gasteiger partial charge in [0.1, 0.15) is 0 Å². The lowest BCUT2D eigenvalue weighted by molar-refractivity contribution is 0.357. The molecule has 0 unspecified atom stereocenters. The van der Waals surface area contributed by atoms with E-state index in [1.54, 1.807) is 19.2 Å². The maximum absolute atomic E-state index is 12.1. The van der Waals surface area contributed by atoms with Gasteiger partial charge in [-0.2, -0.15) is 4.80 Å². The smallest absolute Gasteiger partial charge is 0.214 e. The molecule has 7 nitrogen and oxygen atoms in total. The Bertz CT molecular complexity index is 810. The Kier molecular flexibility index (Phi) is 4.96. The minimum Gasteiger partial charge on any atom is -0.214 e. The first-order valence-corrected chi connectivity index (χ1v) is 9.79. The van der Waals surface area contributed by atoms with Crippen molar-refractivity contribution in [1.29, 1.82) is 0 Å². The first-order chi connectivity index (χ1) is 11.5. The van der Waals surface area contributed by atoms with Crippen LogP contribution < -0.4 is 4.72 Å². The summed E-state index contributed by atoms with van der Waals surface area (Å²) >= 11 is 0. The molecule has 130 valence electrons. The van der Waals surface area contributed by atoms with Crippen LogP contribution in [0.4, 0.5) is 0 Å². The summed E-state index contributed by atoms with van der Waals surface area (Å²) < 4.78 is 26.6. The maximum Gasteiger partial charge on any atom is 0.240 e. The molecule has 1 aliphatic rings. The number of aromatic nitrogens is 4. The van der Waals surface area contributed by atoms with Crippen molar-refractivity contribution in [3.63, 3.8) is 0 Å². The van der Waals surface area contributed by atoms with Crippen molar-refractivity contribution in [2.24, 2.45) is 13.0 Å². The number of nitrogens with zero attached hydrogens (tertiary/aromatic N) is 4. The van der Waals surface area contributed by atoms with Crippen molar-refractivity contribution < 1.29 is 8.42 Å². The van der Waals surface area contributed by atoms with Crippen molar-refractivity contribution in [3.8, 4) is 11.4 Å². The first kappa shape index (κ1) is 17.0. The van der Waals surface area contributed by atoms with Crippen molar-refractivity contribution in [3.05, 3.63) is 23.8 Å². The Balaban J connectivity index is 2.00. The molecule has 1 aromatic carbocycles. The Hall–Kier alpha value is -1.80. The fraction of sp³-hybridized carbons (Fsp3) is 0.562. The quantitative estimate of drug-likeness (QED) is 0.890. The van der Waals surface area contributed by atoms with Crippen LogP contribution in [-0.4, -0.2) is 35.7 Å². The molecule has 2 aromatic rings. The van der Waals surface area contributed by atoms with Gasteiger partial charge in [-0.3, -0.25) is 0 Å². The van der Waals surface area contributed by atoms with Gasteiger partial charge in [-0.15, -0.1) is 10.2 Å². The summed E-state index contributed by atoms with van der Waals surface area (Å²) in [5.41, 5.74) is 1.84. The second kappa shape index (κ2) is 6.98. The van der Waals surface area contributed by atoms with Crippen LogP contribution in [0.2, 0.25) is 0 Å². The Labute approximate surface area is 142 Å². The minimum absolute atomic E-state index is 0.222. The molecule has 0 bridgehead atoms. The molecule has 0 spiro atoms. The van der Waals surface area contributed by atoms with Crippen LogP contribution in [0.5, 0.6) is 0 Å². The number of nitrogens with one attached hydrogen (secondary N) is 1. The van der Waals surface area contributed by atoms with Gasteiger partial charge in [0.15, 0.2) is 0 Å². The second-order valence-electron chi connectivity index (χ2n) is 6.34. The molecule has 8 heteroatoms. The van der Waals surface area contributed by atoms with Gasteiger partial charge >= 0.3 is 0 Å². The predicted octanol–water partition coefficient (Wildman–Crippen LogP) is 1.91. The molecule has 0 aliphatic heterocycles. The van der Waals surface area contributed by atoms with E-state index in [-0.39, 0.29) is 4.90 Å². The van der Waals surface area contributed by atoms with E-state index in [4.69, 9.17) is 0 Å². The summed E-state index contributed by atoms with van der Waals surface area (Å²) in [6.07, 6.45) is 7.24. The lowest BCUT2D eigenvalue weighted by Crippen LogP contribution is -2.19. The van der Waals surface area contributed by atoms with Crippen LogP contribution in [-0.2, 0) is 23.5 Å². The van der Waals surface area contributed by atoms with E-state index >= 15 is 0 Å². The molecule has 1 aliphatic carbocycles. The SMILES string of the molecule is CNS(=O)(=O)c1ccc(CC2CCCCC2)c(-c2nnn(C)n2)c1. The van der Waals surface area contributed by atoms with Crippen molar-refractivity contribution in [1.82, 2.24) is 24.9 Å². The zero-order valence-corrected chi connectivity index (χ0v) is 14.9. The number of hydrogen-bond donors (Lipinski definition) is 1. The highest BCUT2D eigenvalue weighted by atomic mass is 32.2. The minimum atomic E-state index is -3.50. The van der Waals surface area contributed by atoms with Gasteiger partial charge in [0.2, 0.25) is 15.8 Å². The van der Waals surface area contributed by atoms with Gasteiger partial charge in [-0.1, -0.05) is 38.2 Å². The number of hydrogen-bond acceptors (Lipinski definition) is 5. The number of sulfonamides is 1. The lowest BCUT2D eigenvalue weighted by Gasteiger charge is -2.22. The topological polar surface area (TPSA) is 89.8 Å². The highest BCUT2D eigenvalue weighted by Gasteiger charge is 2.20. The molecular weight excluding hydrogens is 326 g/mol. The largest absolute Gasteiger partial charge is 0.240 e. The lowest BCUT2D eigenvalue weighted by atomic mass is 9.84. The van der Waals surface area contributed by atoms with E-state index in [0.717, 1.165) is 17.5 Å². The normalized spacial score (nSPS) is 16.4. The van der Waals surface area contributed by atoms with Crippen molar-refractivity contribution >= 4 is 10.0 Å². The zero-order chi connectivity index (χ0) is 17.2. The predicted molar refractivity (Wildman–Crippen MR) is 90.8 cm³/mol. The summed E-state index contributed by atoms with van der Waals surface area (Å²) in [4.78, 5) is 1.61. The maximum atomic E-state index is 12.1. The highest BCUT2D eigenvalue weighted by Crippen LogP contribution is 2.31. The van der Waals surface area contributed by atoms with E-state index in [2.05, 4.69) is 20.1 Å². The number of aryl methyl sites for hydroxylation is 1. The van der Waals surface area contributed by atoms with E-state index in [0.29, 0.717) is 11.7 Å². The summed E-state index contributed by atoms with van der Waals surface area (Å²) in [6, 6.07) is 5.20. The average molecular weight is 349 g/mol. The monoisotopic (exact) mass is 349 g/mol. The number of tetrazole rings is 1. The Morgan fingerprint density at radius 2 is 2.00 bits per heavy atom. The Morgan fingerprint density at radius 3 is 2.62 bits per heavy atom. The summed E-state index contributed by atoms with van der Waals surface area (Å²) in [5, 5.41) is 12.2. The number of benzene rings is 1. The fourth-order valence-corrected chi connectivity index (χ4v) is 4.08. The van der Waals surface area contributed by atoms with Gasteiger partial charge in [0.25, 0.3) is 0 Å². The van der Waals surface area contributed by atoms with Gasteiger partial charge < -0.3 is 0 Å². The van der Waals surface area contributed by atoms with Crippen LogP contribution in [0.15, 0.2) is 23.1 Å². The average Bonchev–Trinajstić information content (AvgIpc) is 3.02. The van der Waals surface area contributed by atoms with Crippen molar-refractivity contribution in [2.75, 3.05) is 7.05 Å². The van der Waals surface area contributed by atoms with Crippen molar-refractivity contribution in [2.45, 2.75) is 43.4 Å². The first-order valence-electron chi connectivity index (χ1n) is 8.30. The zero-order valence-electron chi connectivity index (χ0n) is 14.1. The molecule has 0 amide bonds. The highest BCUT2D eigenvalue weighted by molar-refractivity contribution is 7.89. The molecule has 0 atom stereocenters. The van der Waals surface area contributed by atoms with E-state index in [1.807, 2.05) is 6.07 Å². The molecule has 0 radical (unpaired) electrons. The molecule has 1 fully saturated rings. The van der Waals surface area contributed by atoms with E-state index in [9.17, 15) is 8.42 Å². The third-order valence-corrected chi connectivity index (χ3v) is 6.05. The molecule has 1 saturated carbocycles. The van der Waals surface area contributed by atoms with E-state index < -0.39 is 10.0 Å². The van der Waals surface area contributed by atoms with E-state index in [1.165, 1.54) is 43.9 Å². The van der Waals surface area contributed by atoms with Crippen LogP contribution in [0.1, 0.15) is 37.7 Å². The standard InChI is InChI=1S/C16H23N5O2S/c1-17-24(22,23)14-9-8-13(10-12-6-4-3-5-7-12)15(11-14)16-18-20-21(2)19-16/h8-9,11-12,17H,3-7,10H2,1-2H3. The van der Waals surface area contributed by atoms with Crippen LogP contribution in [0.25, 0.3) is 11.4 Å². The molecular formula is C16H23N5O2S. The molecule has 3 rings (SSSR count). The van der Waals surface area contributed by atoms with Gasteiger partial charge in [-0.05, 0) is 42.3 Å². The molecule has 0 saturated heterocycles. The van der Waals surface area contributed by atoms with Crippen LogP contribution >= 0.6 is 0 Å². The fourth-order valence-electron chi connectivity index (χ4n) is 3.32. The van der Waals surface area contributed by atoms with Gasteiger partial charge in [0, 0.05) is 5.56 Å². The summed E-state index contributed by atoms with van der Waals surface area (Å²) in [7, 11) is -0.396. The van der Waals surface area contributed by atoms with Gasteiger partial charge in [0.05, 0.1) is 11.9 Å². The van der Waals surface area contributed by atoms with Gasteiger partial charge in [-0.25, -0.2) is 13.1 Å². The molecule has 1 heterocycles. The summed E-state index contributed by atoms with van der Waals surface area (Å²) in [6.45, 7) is 0.